The molecule has 8 rings (SSSR count). The van der Waals surface area contributed by atoms with Crippen molar-refractivity contribution in [3.05, 3.63) is 89.0 Å². The number of benzene rings is 4. The van der Waals surface area contributed by atoms with Crippen LogP contribution >= 0.6 is 11.8 Å². The zero-order valence-electron chi connectivity index (χ0n) is 23.9. The van der Waals surface area contributed by atoms with Crippen molar-refractivity contribution in [2.45, 2.75) is 74.0 Å². The van der Waals surface area contributed by atoms with E-state index >= 15 is 0 Å². The van der Waals surface area contributed by atoms with E-state index in [1.165, 1.54) is 54.4 Å². The number of nitrogens with zero attached hydrogens (tertiary/aromatic N) is 2. The predicted octanol–water partition coefficient (Wildman–Crippen LogP) is 7.02. The summed E-state index contributed by atoms with van der Waals surface area (Å²) in [5.41, 5.74) is 5.24. The maximum Gasteiger partial charge on any atom is 0.282 e. The third-order valence-electron chi connectivity index (χ3n) is 10.4. The average Bonchev–Trinajstić information content (AvgIpc) is 3.18. The Bertz CT molecular complexity index is 1850. The molecule has 1 aliphatic carbocycles. The van der Waals surface area contributed by atoms with Gasteiger partial charge in [-0.1, -0.05) is 98.2 Å². The maximum atomic E-state index is 12.1. The van der Waals surface area contributed by atoms with Gasteiger partial charge in [0.1, 0.15) is 17.0 Å². The third-order valence-corrected chi connectivity index (χ3v) is 11.6. The van der Waals surface area contributed by atoms with Crippen LogP contribution in [0.3, 0.4) is 0 Å². The molecule has 4 nitrogen and oxygen atoms in total. The Morgan fingerprint density at radius 3 is 2.50 bits per heavy atom. The highest BCUT2D eigenvalue weighted by Crippen LogP contribution is 2.71. The lowest BCUT2D eigenvalue weighted by molar-refractivity contribution is -0.489. The lowest BCUT2D eigenvalue weighted by atomic mass is 9.75. The minimum Gasteiger partial charge on any atom is -0.361 e. The number of thioether (sulfide) groups is 1. The van der Waals surface area contributed by atoms with Crippen molar-refractivity contribution in [1.82, 2.24) is 0 Å². The van der Waals surface area contributed by atoms with Gasteiger partial charge >= 0.3 is 0 Å². The number of fused-ring (bicyclic) bond motifs is 13. The molecule has 1 fully saturated rings. The van der Waals surface area contributed by atoms with E-state index in [4.69, 9.17) is 9.73 Å². The van der Waals surface area contributed by atoms with Crippen LogP contribution in [-0.4, -0.2) is 45.5 Å². The molecule has 0 amide bonds. The first-order valence-corrected chi connectivity index (χ1v) is 15.1. The number of methoxy groups -OCH3 is 1. The highest BCUT2D eigenvalue weighted by Gasteiger charge is 2.91. The number of aliphatic imine (C=N–C) groups is 1. The van der Waals surface area contributed by atoms with Gasteiger partial charge in [-0.15, -0.1) is 0 Å². The van der Waals surface area contributed by atoms with E-state index in [2.05, 4.69) is 106 Å². The molecule has 1 N–H and O–H groups in total. The molecule has 0 bridgehead atoms. The van der Waals surface area contributed by atoms with Crippen LogP contribution in [0.4, 0.5) is 0 Å². The van der Waals surface area contributed by atoms with Crippen molar-refractivity contribution in [2.75, 3.05) is 7.11 Å². The summed E-state index contributed by atoms with van der Waals surface area (Å²) in [4.78, 5) is 6.44. The standard InChI is InChI=1S/C35H35N2O2S/c1-32(2,3)18-21-11-9-13-24-22(21)15-16-25-27(24)30-29-28-23-12-8-7-10-20(23)14-17-26(28)40-31(29)36-19-37(30)34(5)33(25,4)35(34,38)39-6/h7-17,19,29,31,38H,18H2,1-6H3/q+1. The van der Waals surface area contributed by atoms with Gasteiger partial charge in [0, 0.05) is 17.6 Å². The fourth-order valence-corrected chi connectivity index (χ4v) is 9.61. The fraction of sp³-hybridized carbons (Fsp3) is 0.371. The van der Waals surface area contributed by atoms with E-state index < -0.39 is 16.7 Å². The highest BCUT2D eigenvalue weighted by atomic mass is 32.2. The summed E-state index contributed by atoms with van der Waals surface area (Å²) in [7, 11) is 1.63. The maximum absolute atomic E-state index is 12.1. The van der Waals surface area contributed by atoms with Crippen molar-refractivity contribution in [3.63, 3.8) is 0 Å². The minimum atomic E-state index is -1.35. The Morgan fingerprint density at radius 2 is 1.73 bits per heavy atom. The molecule has 4 aromatic rings. The molecular formula is C35H35N2O2S+. The summed E-state index contributed by atoms with van der Waals surface area (Å²) in [6.45, 7) is 11.2. The molecule has 1 saturated carbocycles. The highest BCUT2D eigenvalue weighted by molar-refractivity contribution is 8.00. The van der Waals surface area contributed by atoms with Crippen molar-refractivity contribution in [1.29, 1.82) is 0 Å². The van der Waals surface area contributed by atoms with Crippen LogP contribution in [0.5, 0.6) is 0 Å². The molecule has 0 spiro atoms. The van der Waals surface area contributed by atoms with Crippen LogP contribution in [0, 0.1) is 5.41 Å². The summed E-state index contributed by atoms with van der Waals surface area (Å²) in [6.07, 6.45) is 2.99. The molecule has 3 heterocycles. The third kappa shape index (κ3) is 2.72. The van der Waals surface area contributed by atoms with Crippen LogP contribution < -0.4 is 0 Å². The number of ether oxygens (including phenoxy) is 1. The number of hydrogen-bond donors (Lipinski definition) is 1. The monoisotopic (exact) mass is 547 g/mol. The van der Waals surface area contributed by atoms with Gasteiger partial charge in [-0.05, 0) is 70.0 Å². The van der Waals surface area contributed by atoms with Gasteiger partial charge in [-0.25, -0.2) is 4.58 Å². The molecular weight excluding hydrogens is 512 g/mol. The van der Waals surface area contributed by atoms with Crippen LogP contribution in [0.15, 0.2) is 76.6 Å². The lowest BCUT2D eigenvalue weighted by Crippen LogP contribution is -2.48. The quantitative estimate of drug-likeness (QED) is 0.217. The second-order valence-corrected chi connectivity index (χ2v) is 14.6. The smallest absolute Gasteiger partial charge is 0.282 e. The average molecular weight is 548 g/mol. The van der Waals surface area contributed by atoms with Crippen LogP contribution in [0.1, 0.15) is 62.8 Å². The summed E-state index contributed by atoms with van der Waals surface area (Å²) in [5, 5.41) is 17.3. The zero-order chi connectivity index (χ0) is 27.8. The largest absolute Gasteiger partial charge is 0.361 e. The Balaban J connectivity index is 1.49. The minimum absolute atomic E-state index is 0.0512. The molecule has 0 aromatic heterocycles. The first-order valence-electron chi connectivity index (χ1n) is 14.3. The lowest BCUT2D eigenvalue weighted by Gasteiger charge is -2.33. The Kier molecular flexibility index (Phi) is 4.73. The van der Waals surface area contributed by atoms with E-state index in [1.54, 1.807) is 7.11 Å². The van der Waals surface area contributed by atoms with Crippen molar-refractivity contribution >= 4 is 45.4 Å². The summed E-state index contributed by atoms with van der Waals surface area (Å²) in [6, 6.07) is 24.5. The van der Waals surface area contributed by atoms with E-state index in [0.29, 0.717) is 0 Å². The van der Waals surface area contributed by atoms with Gasteiger partial charge in [-0.2, -0.15) is 0 Å². The number of hydrogen-bond acceptors (Lipinski definition) is 4. The van der Waals surface area contributed by atoms with Gasteiger partial charge in [0.2, 0.25) is 11.2 Å². The van der Waals surface area contributed by atoms with Crippen LogP contribution in [0.25, 0.3) is 21.5 Å². The van der Waals surface area contributed by atoms with Crippen molar-refractivity contribution in [2.24, 2.45) is 10.4 Å². The first-order chi connectivity index (χ1) is 19.0. The van der Waals surface area contributed by atoms with E-state index in [9.17, 15) is 5.11 Å². The number of aliphatic hydroxyl groups is 1. The molecule has 4 aromatic carbocycles. The first kappa shape index (κ1) is 24.8. The Morgan fingerprint density at radius 1 is 0.950 bits per heavy atom. The molecule has 5 heteroatoms. The van der Waals surface area contributed by atoms with Gasteiger partial charge < -0.3 is 9.84 Å². The molecule has 3 aliphatic heterocycles. The van der Waals surface area contributed by atoms with Gasteiger partial charge in [0.15, 0.2) is 5.54 Å². The fourth-order valence-electron chi connectivity index (χ4n) is 8.32. The molecule has 0 radical (unpaired) electrons. The topological polar surface area (TPSA) is 44.8 Å². The predicted molar refractivity (Wildman–Crippen MR) is 164 cm³/mol. The van der Waals surface area contributed by atoms with E-state index in [0.717, 1.165) is 6.42 Å². The Hall–Kier alpha value is -2.99. The van der Waals surface area contributed by atoms with Gasteiger partial charge in [-0.3, -0.25) is 0 Å². The molecule has 0 saturated heterocycles. The van der Waals surface area contributed by atoms with Crippen LogP contribution in [-0.2, 0) is 16.6 Å². The molecule has 5 unspecified atom stereocenters. The zero-order valence-corrected chi connectivity index (χ0v) is 24.8. The van der Waals surface area contributed by atoms with Gasteiger partial charge in [0.05, 0.1) is 0 Å². The normalized spacial score (nSPS) is 31.6. The van der Waals surface area contributed by atoms with E-state index in [1.807, 2.05) is 18.1 Å². The summed E-state index contributed by atoms with van der Waals surface area (Å²) in [5.74, 6) is -1.28. The molecule has 4 aliphatic rings. The second-order valence-electron chi connectivity index (χ2n) is 13.5. The van der Waals surface area contributed by atoms with E-state index in [-0.39, 0.29) is 16.7 Å². The number of rotatable bonds is 2. The van der Waals surface area contributed by atoms with Crippen molar-refractivity contribution in [3.8, 4) is 0 Å². The Labute approximate surface area is 239 Å². The SMILES string of the molecule is COC1(O)C2(C)c3ccc4c(CC(C)(C)C)cccc4c3C3=[N+](C=NC4Sc5ccc6ccccc6c5C34)C12C. The van der Waals surface area contributed by atoms with Gasteiger partial charge in [0.25, 0.3) is 6.34 Å². The molecule has 40 heavy (non-hydrogen) atoms. The van der Waals surface area contributed by atoms with Crippen molar-refractivity contribution < 1.29 is 14.4 Å². The molecule has 202 valence electrons. The van der Waals surface area contributed by atoms with Crippen LogP contribution in [0.2, 0.25) is 0 Å². The second kappa shape index (κ2) is 7.64. The summed E-state index contributed by atoms with van der Waals surface area (Å²) < 4.78 is 8.28. The summed E-state index contributed by atoms with van der Waals surface area (Å²) >= 11 is 1.86. The molecule has 5 atom stereocenters.